The molecule has 1 aromatic carbocycles. The van der Waals surface area contributed by atoms with Gasteiger partial charge in [0.25, 0.3) is 0 Å². The van der Waals surface area contributed by atoms with E-state index in [4.69, 9.17) is 16.1 Å². The van der Waals surface area contributed by atoms with Gasteiger partial charge in [0.1, 0.15) is 5.78 Å². The van der Waals surface area contributed by atoms with E-state index in [2.05, 4.69) is 10.1 Å². The number of rotatable bonds is 9. The minimum atomic E-state index is -3.86. The third-order valence-corrected chi connectivity index (χ3v) is 8.60. The Hall–Kier alpha value is -2.36. The van der Waals surface area contributed by atoms with E-state index in [1.54, 1.807) is 24.4 Å². The van der Waals surface area contributed by atoms with Crippen molar-refractivity contribution in [3.05, 3.63) is 52.7 Å². The molecule has 1 saturated carbocycles. The molecule has 31 heavy (non-hydrogen) atoms. The molecule has 0 spiro atoms. The van der Waals surface area contributed by atoms with Gasteiger partial charge < -0.3 is 4.52 Å². The van der Waals surface area contributed by atoms with Gasteiger partial charge in [0, 0.05) is 11.1 Å². The Morgan fingerprint density at radius 1 is 1.29 bits per heavy atom. The zero-order chi connectivity index (χ0) is 22.0. The molecule has 4 rings (SSSR count). The SMILES string of the molecule is CC(=O)C(C=[N+](Cc1ccc(-c2ncon2)cc1)S(=O)(=O)c1ccc(Cl)s1)CC1CC1. The van der Waals surface area contributed by atoms with E-state index in [-0.39, 0.29) is 16.5 Å². The first-order valence-electron chi connectivity index (χ1n) is 9.81. The molecule has 1 unspecified atom stereocenters. The van der Waals surface area contributed by atoms with Crippen molar-refractivity contribution in [1.29, 1.82) is 0 Å². The van der Waals surface area contributed by atoms with Gasteiger partial charge in [-0.15, -0.1) is 15.3 Å². The van der Waals surface area contributed by atoms with Gasteiger partial charge in [0.15, 0.2) is 17.0 Å². The molecule has 0 saturated heterocycles. The zero-order valence-electron chi connectivity index (χ0n) is 16.8. The van der Waals surface area contributed by atoms with Gasteiger partial charge in [-0.3, -0.25) is 4.79 Å². The number of hydrogen-bond acceptors (Lipinski definition) is 7. The Bertz CT molecular complexity index is 1200. The maximum atomic E-state index is 13.4. The van der Waals surface area contributed by atoms with Crippen LogP contribution in [0.25, 0.3) is 11.4 Å². The number of thiophene rings is 1. The van der Waals surface area contributed by atoms with Gasteiger partial charge in [-0.25, -0.2) is 0 Å². The molecular weight excluding hydrogens is 458 g/mol. The fraction of sp³-hybridized carbons (Fsp3) is 0.333. The lowest BCUT2D eigenvalue weighted by Gasteiger charge is -2.09. The number of hydrogen-bond donors (Lipinski definition) is 0. The summed E-state index contributed by atoms with van der Waals surface area (Å²) in [6.07, 6.45) is 5.66. The molecule has 0 amide bonds. The van der Waals surface area contributed by atoms with Crippen molar-refractivity contribution in [3.63, 3.8) is 0 Å². The van der Waals surface area contributed by atoms with Crippen molar-refractivity contribution in [3.8, 4) is 11.4 Å². The van der Waals surface area contributed by atoms with Crippen LogP contribution in [0.3, 0.4) is 0 Å². The van der Waals surface area contributed by atoms with E-state index in [0.29, 0.717) is 22.5 Å². The van der Waals surface area contributed by atoms with Crippen molar-refractivity contribution in [1.82, 2.24) is 10.1 Å². The van der Waals surface area contributed by atoms with Crippen molar-refractivity contribution < 1.29 is 21.7 Å². The summed E-state index contributed by atoms with van der Waals surface area (Å²) in [6, 6.07) is 10.3. The van der Waals surface area contributed by atoms with Crippen LogP contribution >= 0.6 is 22.9 Å². The lowest BCUT2D eigenvalue weighted by molar-refractivity contribution is -0.381. The number of nitrogens with zero attached hydrogens (tertiary/aromatic N) is 3. The number of benzene rings is 1. The number of halogens is 1. The van der Waals surface area contributed by atoms with Crippen molar-refractivity contribution >= 4 is 45.0 Å². The molecule has 2 heterocycles. The second-order valence-corrected chi connectivity index (χ2v) is 11.4. The summed E-state index contributed by atoms with van der Waals surface area (Å²) in [5, 5.41) is 3.80. The number of ketones is 1. The molecular formula is C21H21ClN3O4S2+. The van der Waals surface area contributed by atoms with Crippen LogP contribution in [0.4, 0.5) is 0 Å². The number of carbonyl (C=O) groups excluding carboxylic acids is 1. The smallest absolute Gasteiger partial charge is 0.342 e. The fourth-order valence-corrected chi connectivity index (χ4v) is 6.24. The standard InChI is InChI=1S/C21H21ClN3O4S2/c1-14(26)18(10-15-2-3-15)12-25(31(27,28)20-9-8-19(22)30-20)11-16-4-6-17(7-5-16)21-23-13-29-24-21/h4-9,12-13,15,18H,2-3,10-11H2,1H3/q+1. The summed E-state index contributed by atoms with van der Waals surface area (Å²) in [5.41, 5.74) is 1.53. The second-order valence-electron chi connectivity index (χ2n) is 7.61. The lowest BCUT2D eigenvalue weighted by atomic mass is 9.99. The first-order chi connectivity index (χ1) is 14.8. The molecule has 0 bridgehead atoms. The minimum absolute atomic E-state index is 0.0382. The van der Waals surface area contributed by atoms with Gasteiger partial charge in [-0.1, -0.05) is 53.9 Å². The average Bonchev–Trinajstić information content (AvgIpc) is 3.19. The monoisotopic (exact) mass is 478 g/mol. The van der Waals surface area contributed by atoms with Crippen LogP contribution in [0.1, 0.15) is 31.7 Å². The van der Waals surface area contributed by atoms with E-state index >= 15 is 0 Å². The van der Waals surface area contributed by atoms with Crippen LogP contribution in [-0.2, 0) is 21.4 Å². The molecule has 162 valence electrons. The fourth-order valence-electron chi connectivity index (χ4n) is 3.25. The number of Topliss-reactive ketones (excluding diaryl/α,β-unsaturated/α-hetero) is 1. The maximum absolute atomic E-state index is 13.4. The Morgan fingerprint density at radius 2 is 2.03 bits per heavy atom. The molecule has 7 nitrogen and oxygen atoms in total. The third kappa shape index (κ3) is 5.28. The van der Waals surface area contributed by atoms with E-state index in [0.717, 1.165) is 35.3 Å². The van der Waals surface area contributed by atoms with Crippen LogP contribution in [0.5, 0.6) is 0 Å². The molecule has 10 heteroatoms. The number of aromatic nitrogens is 2. The third-order valence-electron chi connectivity index (χ3n) is 5.18. The topological polar surface area (TPSA) is 93.1 Å². The molecule has 2 aromatic heterocycles. The summed E-state index contributed by atoms with van der Waals surface area (Å²) < 4.78 is 33.3. The Balaban J connectivity index is 1.67. The van der Waals surface area contributed by atoms with Crippen LogP contribution < -0.4 is 0 Å². The zero-order valence-corrected chi connectivity index (χ0v) is 19.2. The first-order valence-corrected chi connectivity index (χ1v) is 12.4. The van der Waals surface area contributed by atoms with E-state index in [1.165, 1.54) is 23.4 Å². The predicted molar refractivity (Wildman–Crippen MR) is 118 cm³/mol. The minimum Gasteiger partial charge on any atom is -0.342 e. The first kappa shape index (κ1) is 21.9. The van der Waals surface area contributed by atoms with Gasteiger partial charge in [-0.05, 0) is 31.4 Å². The van der Waals surface area contributed by atoms with Crippen LogP contribution in [-0.4, -0.2) is 34.5 Å². The maximum Gasteiger partial charge on any atom is 0.404 e. The molecule has 1 atom stereocenters. The second kappa shape index (κ2) is 9.02. The molecule has 1 aliphatic rings. The number of sulfonamides is 1. The van der Waals surface area contributed by atoms with Crippen molar-refractivity contribution in [2.45, 2.75) is 36.9 Å². The summed E-state index contributed by atoms with van der Waals surface area (Å²) in [6.45, 7) is 1.61. The van der Waals surface area contributed by atoms with E-state index in [1.807, 2.05) is 12.1 Å². The molecule has 0 radical (unpaired) electrons. The molecule has 0 aliphatic heterocycles. The van der Waals surface area contributed by atoms with Crippen molar-refractivity contribution in [2.24, 2.45) is 11.8 Å². The van der Waals surface area contributed by atoms with Crippen LogP contribution in [0.2, 0.25) is 4.34 Å². The normalized spacial score (nSPS) is 15.7. The molecule has 1 fully saturated rings. The largest absolute Gasteiger partial charge is 0.404 e. The highest BCUT2D eigenvalue weighted by Crippen LogP contribution is 2.35. The quantitative estimate of drug-likeness (QED) is 0.333. The highest BCUT2D eigenvalue weighted by atomic mass is 35.5. The van der Waals surface area contributed by atoms with Gasteiger partial charge in [0.05, 0.1) is 10.3 Å². The number of carbonyl (C=O) groups is 1. The van der Waals surface area contributed by atoms with E-state index in [9.17, 15) is 13.2 Å². The lowest BCUT2D eigenvalue weighted by Crippen LogP contribution is -2.27. The predicted octanol–water partition coefficient (Wildman–Crippen LogP) is 4.43. The summed E-state index contributed by atoms with van der Waals surface area (Å²) in [7, 11) is -3.86. The summed E-state index contributed by atoms with van der Waals surface area (Å²) in [4.78, 5) is 16.3. The Labute approximate surface area is 189 Å². The highest BCUT2D eigenvalue weighted by Gasteiger charge is 2.34. The van der Waals surface area contributed by atoms with Crippen molar-refractivity contribution in [2.75, 3.05) is 0 Å². The molecule has 1 aliphatic carbocycles. The van der Waals surface area contributed by atoms with Crippen LogP contribution in [0.15, 0.2) is 51.5 Å². The molecule has 0 N–H and O–H groups in total. The summed E-state index contributed by atoms with van der Waals surface area (Å²) in [5.74, 6) is 0.456. The van der Waals surface area contributed by atoms with E-state index < -0.39 is 15.9 Å². The average molecular weight is 479 g/mol. The van der Waals surface area contributed by atoms with Crippen LogP contribution in [0, 0.1) is 11.8 Å². The Morgan fingerprint density at radius 3 is 2.58 bits per heavy atom. The summed E-state index contributed by atoms with van der Waals surface area (Å²) >= 11 is 6.98. The Kier molecular flexibility index (Phi) is 6.36. The highest BCUT2D eigenvalue weighted by molar-refractivity contribution is 7.87. The molecule has 3 aromatic rings. The van der Waals surface area contributed by atoms with Gasteiger partial charge in [0.2, 0.25) is 12.2 Å². The van der Waals surface area contributed by atoms with Gasteiger partial charge in [-0.2, -0.15) is 13.4 Å². The van der Waals surface area contributed by atoms with Gasteiger partial charge >= 0.3 is 10.0 Å².